The van der Waals surface area contributed by atoms with Crippen LogP contribution in [-0.4, -0.2) is 67.1 Å². The number of amides is 2. The van der Waals surface area contributed by atoms with Crippen molar-refractivity contribution in [3.63, 3.8) is 0 Å². The lowest BCUT2D eigenvalue weighted by Crippen LogP contribution is -2.41. The molecule has 2 amide bonds. The Morgan fingerprint density at radius 1 is 0.903 bits per heavy atom. The Bertz CT molecular complexity index is 914. The van der Waals surface area contributed by atoms with E-state index in [2.05, 4.69) is 0 Å². The van der Waals surface area contributed by atoms with E-state index < -0.39 is 0 Å². The second-order valence-electron chi connectivity index (χ2n) is 7.82. The lowest BCUT2D eigenvalue weighted by atomic mass is 10.1. The van der Waals surface area contributed by atoms with Gasteiger partial charge in [0.2, 0.25) is 5.91 Å². The third-order valence-corrected chi connectivity index (χ3v) is 5.65. The molecule has 162 valence electrons. The first-order valence-corrected chi connectivity index (χ1v) is 10.8. The molecule has 0 saturated carbocycles. The van der Waals surface area contributed by atoms with Crippen molar-refractivity contribution >= 4 is 17.9 Å². The zero-order valence-corrected chi connectivity index (χ0v) is 17.6. The lowest BCUT2D eigenvalue weighted by Gasteiger charge is -2.31. The van der Waals surface area contributed by atoms with E-state index in [1.54, 1.807) is 6.08 Å². The highest BCUT2D eigenvalue weighted by molar-refractivity contribution is 5.94. The quantitative estimate of drug-likeness (QED) is 0.697. The highest BCUT2D eigenvalue weighted by atomic mass is 16.5. The summed E-state index contributed by atoms with van der Waals surface area (Å²) in [6.07, 6.45) is 5.06. The average Bonchev–Trinajstić information content (AvgIpc) is 2.84. The molecule has 6 nitrogen and oxygen atoms in total. The largest absolute Gasteiger partial charge is 0.490 e. The van der Waals surface area contributed by atoms with E-state index >= 15 is 0 Å². The number of nitrogens with zero attached hydrogens (tertiary/aromatic N) is 2. The van der Waals surface area contributed by atoms with E-state index in [-0.39, 0.29) is 17.9 Å². The fourth-order valence-corrected chi connectivity index (χ4v) is 3.88. The van der Waals surface area contributed by atoms with Gasteiger partial charge in [0.25, 0.3) is 5.91 Å². The fourth-order valence-electron chi connectivity index (χ4n) is 3.88. The molecule has 2 aromatic rings. The Hall–Kier alpha value is -3.12. The zero-order valence-electron chi connectivity index (χ0n) is 17.6. The fraction of sp³-hybridized carbons (Fsp3) is 0.360. The van der Waals surface area contributed by atoms with Gasteiger partial charge in [0, 0.05) is 50.7 Å². The molecule has 2 aromatic carbocycles. The van der Waals surface area contributed by atoms with Crippen molar-refractivity contribution in [3.8, 4) is 5.75 Å². The minimum Gasteiger partial charge on any atom is -0.490 e. The molecular formula is C25H28N2O4. The summed E-state index contributed by atoms with van der Waals surface area (Å²) < 4.78 is 11.5. The summed E-state index contributed by atoms with van der Waals surface area (Å²) in [7, 11) is 0. The standard InChI is InChI=1S/C25H28N2O4/c28-24(10-9-20-5-2-1-3-6-20)26-13-11-22(12-14-26)31-23-8-4-7-21(19-23)25(29)27-15-17-30-18-16-27/h1-10,19,22H,11-18H2/b10-9+. The van der Waals surface area contributed by atoms with Gasteiger partial charge in [-0.2, -0.15) is 0 Å². The molecular weight excluding hydrogens is 392 g/mol. The predicted octanol–water partition coefficient (Wildman–Crippen LogP) is 3.24. The topological polar surface area (TPSA) is 59.1 Å². The van der Waals surface area contributed by atoms with Crippen LogP contribution >= 0.6 is 0 Å². The summed E-state index contributed by atoms with van der Waals surface area (Å²) in [6, 6.07) is 17.2. The molecule has 6 heteroatoms. The third-order valence-electron chi connectivity index (χ3n) is 5.65. The molecule has 0 spiro atoms. The average molecular weight is 421 g/mol. The highest BCUT2D eigenvalue weighted by Crippen LogP contribution is 2.21. The summed E-state index contributed by atoms with van der Waals surface area (Å²) in [4.78, 5) is 28.8. The Kier molecular flexibility index (Phi) is 6.99. The molecule has 0 atom stereocenters. The van der Waals surface area contributed by atoms with E-state index in [1.165, 1.54) is 0 Å². The maximum atomic E-state index is 12.7. The molecule has 0 N–H and O–H groups in total. The van der Waals surface area contributed by atoms with E-state index in [9.17, 15) is 9.59 Å². The van der Waals surface area contributed by atoms with E-state index in [1.807, 2.05) is 70.5 Å². The van der Waals surface area contributed by atoms with Crippen LogP contribution in [0.2, 0.25) is 0 Å². The summed E-state index contributed by atoms with van der Waals surface area (Å²) in [5, 5.41) is 0. The van der Waals surface area contributed by atoms with Gasteiger partial charge in [0.05, 0.1) is 13.2 Å². The normalized spacial score (nSPS) is 17.7. The number of morpholine rings is 1. The first kappa shape index (κ1) is 21.1. The molecule has 31 heavy (non-hydrogen) atoms. The van der Waals surface area contributed by atoms with E-state index in [0.717, 1.165) is 18.4 Å². The van der Waals surface area contributed by atoms with Crippen molar-refractivity contribution in [2.75, 3.05) is 39.4 Å². The molecule has 0 radical (unpaired) electrons. The van der Waals surface area contributed by atoms with Crippen LogP contribution in [0.15, 0.2) is 60.7 Å². The van der Waals surface area contributed by atoms with Gasteiger partial charge in [-0.1, -0.05) is 36.4 Å². The molecule has 2 heterocycles. The Morgan fingerprint density at radius 3 is 2.39 bits per heavy atom. The molecule has 0 aromatic heterocycles. The molecule has 2 saturated heterocycles. The van der Waals surface area contributed by atoms with Gasteiger partial charge in [-0.3, -0.25) is 9.59 Å². The monoisotopic (exact) mass is 420 g/mol. The van der Waals surface area contributed by atoms with Crippen LogP contribution in [0.3, 0.4) is 0 Å². The Labute approximate surface area is 183 Å². The van der Waals surface area contributed by atoms with Crippen LogP contribution in [-0.2, 0) is 9.53 Å². The summed E-state index contributed by atoms with van der Waals surface area (Å²) in [6.45, 7) is 3.73. The minimum atomic E-state index is 0.0133. The maximum absolute atomic E-state index is 12.7. The number of carbonyl (C=O) groups is 2. The van der Waals surface area contributed by atoms with Crippen molar-refractivity contribution in [2.45, 2.75) is 18.9 Å². The Balaban J connectivity index is 1.28. The van der Waals surface area contributed by atoms with Crippen molar-refractivity contribution in [1.29, 1.82) is 0 Å². The van der Waals surface area contributed by atoms with Crippen LogP contribution in [0, 0.1) is 0 Å². The molecule has 2 fully saturated rings. The molecule has 2 aliphatic rings. The molecule has 0 unspecified atom stereocenters. The number of hydrogen-bond acceptors (Lipinski definition) is 4. The van der Waals surface area contributed by atoms with E-state index in [4.69, 9.17) is 9.47 Å². The highest BCUT2D eigenvalue weighted by Gasteiger charge is 2.24. The number of piperidine rings is 1. The number of rotatable bonds is 5. The van der Waals surface area contributed by atoms with Crippen molar-refractivity contribution in [1.82, 2.24) is 9.80 Å². The van der Waals surface area contributed by atoms with Crippen LogP contribution < -0.4 is 4.74 Å². The van der Waals surface area contributed by atoms with Crippen LogP contribution in [0.5, 0.6) is 5.75 Å². The smallest absolute Gasteiger partial charge is 0.254 e. The van der Waals surface area contributed by atoms with Crippen molar-refractivity contribution < 1.29 is 19.1 Å². The second-order valence-corrected chi connectivity index (χ2v) is 7.82. The summed E-state index contributed by atoms with van der Waals surface area (Å²) in [5.41, 5.74) is 1.65. The van der Waals surface area contributed by atoms with Gasteiger partial charge in [-0.25, -0.2) is 0 Å². The number of carbonyl (C=O) groups excluding carboxylic acids is 2. The van der Waals surface area contributed by atoms with Crippen molar-refractivity contribution in [3.05, 3.63) is 71.8 Å². The molecule has 0 bridgehead atoms. The summed E-state index contributed by atoms with van der Waals surface area (Å²) in [5.74, 6) is 0.743. The number of hydrogen-bond donors (Lipinski definition) is 0. The van der Waals surface area contributed by atoms with Gasteiger partial charge >= 0.3 is 0 Å². The zero-order chi connectivity index (χ0) is 21.5. The molecule has 0 aliphatic carbocycles. The van der Waals surface area contributed by atoms with Gasteiger partial charge < -0.3 is 19.3 Å². The lowest BCUT2D eigenvalue weighted by molar-refractivity contribution is -0.127. The minimum absolute atomic E-state index is 0.0133. The number of likely N-dealkylation sites (tertiary alicyclic amines) is 1. The second kappa shape index (κ2) is 10.3. The van der Waals surface area contributed by atoms with Gasteiger partial charge in [0.15, 0.2) is 0 Å². The van der Waals surface area contributed by atoms with E-state index in [0.29, 0.717) is 50.7 Å². The predicted molar refractivity (Wildman–Crippen MR) is 119 cm³/mol. The summed E-state index contributed by atoms with van der Waals surface area (Å²) >= 11 is 0. The van der Waals surface area contributed by atoms with Crippen molar-refractivity contribution in [2.24, 2.45) is 0 Å². The maximum Gasteiger partial charge on any atom is 0.254 e. The van der Waals surface area contributed by atoms with Crippen LogP contribution in [0.1, 0.15) is 28.8 Å². The number of benzene rings is 2. The molecule has 4 rings (SSSR count). The molecule has 2 aliphatic heterocycles. The van der Waals surface area contributed by atoms with Gasteiger partial charge in [-0.15, -0.1) is 0 Å². The first-order valence-electron chi connectivity index (χ1n) is 10.8. The SMILES string of the molecule is O=C(/C=C/c1ccccc1)N1CCC(Oc2cccc(C(=O)N3CCOCC3)c2)CC1. The first-order chi connectivity index (χ1) is 15.2. The van der Waals surface area contributed by atoms with Gasteiger partial charge in [0.1, 0.15) is 11.9 Å². The Morgan fingerprint density at radius 2 is 1.65 bits per heavy atom. The third kappa shape index (κ3) is 5.73. The number of ether oxygens (including phenoxy) is 2. The van der Waals surface area contributed by atoms with Crippen LogP contribution in [0.25, 0.3) is 6.08 Å². The van der Waals surface area contributed by atoms with Crippen LogP contribution in [0.4, 0.5) is 0 Å². The van der Waals surface area contributed by atoms with Gasteiger partial charge in [-0.05, 0) is 29.8 Å².